The smallest absolute Gasteiger partial charge is 0.306 e. The van der Waals surface area contributed by atoms with Gasteiger partial charge in [-0.25, -0.2) is 0 Å². The van der Waals surface area contributed by atoms with Crippen LogP contribution in [-0.4, -0.2) is 333 Å². The van der Waals surface area contributed by atoms with Crippen LogP contribution in [0.2, 0.25) is 0 Å². The lowest BCUT2D eigenvalue weighted by Crippen LogP contribution is -2.63. The fourth-order valence-electron chi connectivity index (χ4n) is 16.6. The molecule has 5 saturated heterocycles. The summed E-state index contributed by atoms with van der Waals surface area (Å²) in [5.41, 5.74) is -4.27. The molecule has 20 N–H and O–H groups in total. The average Bonchev–Trinajstić information content (AvgIpc) is 0.765. The van der Waals surface area contributed by atoms with E-state index in [1.807, 2.05) is 112 Å². The summed E-state index contributed by atoms with van der Waals surface area (Å²) >= 11 is 0. The Morgan fingerprint density at radius 3 is 1.12 bits per heavy atom. The van der Waals surface area contributed by atoms with Crippen LogP contribution in [0.25, 0.3) is 0 Å². The van der Waals surface area contributed by atoms with E-state index in [2.05, 4.69) is 0 Å². The topological polar surface area (TPSA) is 557 Å². The quantitative estimate of drug-likeness (QED) is 0.140. The number of hydrogen-bond acceptors (Lipinski definition) is 34. The molecule has 732 valence electrons. The van der Waals surface area contributed by atoms with Crippen LogP contribution < -0.4 is 0 Å². The Labute approximate surface area is 752 Å². The molecule has 0 amide bonds. The van der Waals surface area contributed by atoms with Gasteiger partial charge in [0.25, 0.3) is 0 Å². The summed E-state index contributed by atoms with van der Waals surface area (Å²) in [5.74, 6) is -5.46. The van der Waals surface area contributed by atoms with Crippen LogP contribution >= 0.6 is 0 Å². The lowest BCUT2D eigenvalue weighted by atomic mass is 9.80. The van der Waals surface area contributed by atoms with E-state index in [-0.39, 0.29) is 92.7 Å². The molecule has 0 aromatic carbocycles. The number of rotatable bonds is 10. The van der Waals surface area contributed by atoms with E-state index in [1.165, 1.54) is 26.8 Å². The number of carbonyl (C=O) groups excluding carboxylic acids is 3. The van der Waals surface area contributed by atoms with Gasteiger partial charge < -0.3 is 154 Å². The van der Waals surface area contributed by atoms with Gasteiger partial charge in [0, 0.05) is 113 Å². The van der Waals surface area contributed by atoms with E-state index in [0.717, 1.165) is 6.92 Å². The van der Waals surface area contributed by atoms with Crippen molar-refractivity contribution in [2.45, 2.75) is 413 Å². The summed E-state index contributed by atoms with van der Waals surface area (Å²) < 4.78 is 66.3. The first-order chi connectivity index (χ1) is 60.1. The van der Waals surface area contributed by atoms with E-state index < -0.39 is 264 Å². The zero-order valence-electron chi connectivity index (χ0n) is 76.5. The van der Waals surface area contributed by atoms with Gasteiger partial charge in [0.15, 0.2) is 30.9 Å². The van der Waals surface area contributed by atoms with Gasteiger partial charge in [-0.05, 0) is 67.2 Å². The summed E-state index contributed by atoms with van der Waals surface area (Å²) in [6, 6.07) is 0. The van der Waals surface area contributed by atoms with Crippen LogP contribution in [0.3, 0.4) is 0 Å². The summed E-state index contributed by atoms with van der Waals surface area (Å²) in [4.78, 5) is 39.3. The van der Waals surface area contributed by atoms with Gasteiger partial charge in [0.05, 0.1) is 122 Å². The number of allylic oxidation sites excluding steroid dienone is 16. The molecule has 0 spiro atoms. The maximum atomic E-state index is 13.2. The van der Waals surface area contributed by atoms with Crippen molar-refractivity contribution in [2.24, 2.45) is 35.5 Å². The van der Waals surface area contributed by atoms with Crippen LogP contribution in [-0.2, 0) is 66.5 Å². The average molecular weight is 1830 g/mol. The lowest BCUT2D eigenvalue weighted by Gasteiger charge is -2.49. The van der Waals surface area contributed by atoms with E-state index in [9.17, 15) is 117 Å². The van der Waals surface area contributed by atoms with Gasteiger partial charge in [-0.3, -0.25) is 14.4 Å². The third-order valence-corrected chi connectivity index (χ3v) is 25.9. The van der Waals surface area contributed by atoms with Crippen LogP contribution in [0.5, 0.6) is 0 Å². The van der Waals surface area contributed by atoms with Gasteiger partial charge in [0.2, 0.25) is 0 Å². The SMILES string of the molecule is CCC1OC(=O)CC[C@@H](O)[C@H](O)C[C@H](O)CC(=O)C[C@H](O)[C@](C)(O)[C@@H](O)CC(O[C@@H]2O[C@H](C)[C@@H](O)[C@H](O)[C@@H]2O)/C=C/C=C/C=C/C=C/C=C/C(C)C(O[C@H]2C[C@@H](O)[C@@H](C)[C@H](C)O2)C1C.CCC1OC(=O)CC[C@@H](O)[C@H](O)C[C@H](O)C[C@]2(O)C[C@H](O)[C@](C)(O)[C@H](CC(O[C@@H]3O[C@H](C)[C@@H](O)[C@H](O)[C@@H]3O)/C=C/C=C/C=C/C=C/C=C/C(C)C(O[C@H]3C[C@@H](O)[C@@H](C)[C@H](C)O3)C1C)O2. The monoisotopic (exact) mass is 1830 g/mol. The number of cyclic esters (lactones) is 2. The van der Waals surface area contributed by atoms with Gasteiger partial charge in [-0.1, -0.05) is 177 Å². The highest BCUT2D eigenvalue weighted by atomic mass is 16.7. The van der Waals surface area contributed by atoms with Crippen molar-refractivity contribution < 1.29 is 169 Å². The molecular formula is C94H152O34. The first kappa shape index (κ1) is 112. The standard InChI is InChI=1S/2C47H76O17/c1-8-36-28(4)44(63-40-23-34(50)27(3)29(5)59-40)26(2)17-15-13-11-9-10-12-14-16-18-32(61-45-43(56)42(55)41(54)30(6)60-45)22-38-46(7,57)37(52)25-47(58,64-38)24-31(48)21-35(51)33(49)19-20-39(53)62-36;1-8-37-28(4)45(64-41-25-35(51)27(3)29(5)60-41)26(2)17-15-13-11-9-10-12-14-16-18-33(62-46-44(58)43(57)42(56)30(6)61-46)24-39(54)47(7,59)38(53)23-32(49)21-31(48)22-36(52)34(50)19-20-40(55)63-37/h9-18,26-38,40-45,48-52,54-58H,8,19-25H2,1-7H3;9-18,26-31,33-39,41-46,48,50-54,56-59H,8,19-25H2,1-7H3/b2*10-9+,13-11+,14-12+,17-15+,18-16+/t26?,27-,28?,29-,30+,31-,32?,33+,34+,35+,36?,37-,38-,40-,41+,42-,43-,44?,45-,46-,47+;26?,27-,28?,29-,30+,31+,33?,34+,35+,36+,37?,38-,39-,41-,42+,43-,44-,45?,46-,47-/m00/s1. The van der Waals surface area contributed by atoms with E-state index in [1.54, 1.807) is 72.9 Å². The number of esters is 2. The Hall–Kier alpha value is -5.15. The molecule has 7 aliphatic heterocycles. The number of Topliss-reactive ketones (excluding diaryl/α,β-unsaturated/α-hetero) is 1. The van der Waals surface area contributed by atoms with Crippen molar-refractivity contribution in [1.29, 1.82) is 0 Å². The highest BCUT2D eigenvalue weighted by Crippen LogP contribution is 2.42. The van der Waals surface area contributed by atoms with Crippen LogP contribution in [0, 0.1) is 35.5 Å². The molecule has 10 unspecified atom stereocenters. The molecule has 7 rings (SSSR count). The fourth-order valence-corrected chi connectivity index (χ4v) is 16.6. The first-order valence-corrected chi connectivity index (χ1v) is 45.4. The number of aliphatic hydroxyl groups is 20. The molecule has 41 atom stereocenters. The number of ether oxygens (including phenoxy) is 11. The molecule has 0 aliphatic carbocycles. The normalized spacial score (nSPS) is 47.6. The van der Waals surface area contributed by atoms with E-state index in [0.29, 0.717) is 12.8 Å². The van der Waals surface area contributed by atoms with Gasteiger partial charge >= 0.3 is 11.9 Å². The Balaban J connectivity index is 0.000000395. The van der Waals surface area contributed by atoms with Crippen LogP contribution in [0.1, 0.15) is 200 Å². The summed E-state index contributed by atoms with van der Waals surface area (Å²) in [7, 11) is 0. The molecule has 128 heavy (non-hydrogen) atoms. The zero-order valence-corrected chi connectivity index (χ0v) is 76.5. The maximum Gasteiger partial charge on any atom is 0.306 e. The number of aliphatic hydroxyl groups excluding tert-OH is 17. The molecule has 0 saturated carbocycles. The lowest BCUT2D eigenvalue weighted by molar-refractivity contribution is -0.341. The predicted octanol–water partition coefficient (Wildman–Crippen LogP) is 3.30. The van der Waals surface area contributed by atoms with Crippen molar-refractivity contribution in [3.63, 3.8) is 0 Å². The second-order valence-electron chi connectivity index (χ2n) is 36.4. The molecule has 7 aliphatic rings. The van der Waals surface area contributed by atoms with Crippen molar-refractivity contribution in [3.05, 3.63) is 122 Å². The highest BCUT2D eigenvalue weighted by Gasteiger charge is 2.55. The molecule has 34 heteroatoms. The Kier molecular flexibility index (Phi) is 46.4. The number of ketones is 1. The highest BCUT2D eigenvalue weighted by molar-refractivity contribution is 5.79. The Morgan fingerprint density at radius 1 is 0.359 bits per heavy atom. The minimum absolute atomic E-state index is 0.0733. The molecular weight excluding hydrogens is 1670 g/mol. The molecule has 34 nitrogen and oxygen atoms in total. The largest absolute Gasteiger partial charge is 0.462 e. The summed E-state index contributed by atoms with van der Waals surface area (Å²) in [5, 5.41) is 216. The molecule has 0 aromatic heterocycles. The molecule has 2 bridgehead atoms. The van der Waals surface area contributed by atoms with Gasteiger partial charge in [-0.2, -0.15) is 0 Å². The minimum Gasteiger partial charge on any atom is -0.462 e. The molecule has 7 heterocycles. The number of hydrogen-bond donors (Lipinski definition) is 20. The Morgan fingerprint density at radius 2 is 0.734 bits per heavy atom. The van der Waals surface area contributed by atoms with Crippen molar-refractivity contribution in [1.82, 2.24) is 0 Å². The van der Waals surface area contributed by atoms with Crippen LogP contribution in [0.15, 0.2) is 122 Å². The third-order valence-electron chi connectivity index (χ3n) is 25.9. The van der Waals surface area contributed by atoms with Crippen molar-refractivity contribution in [3.8, 4) is 0 Å². The molecule has 5 fully saturated rings. The van der Waals surface area contributed by atoms with Crippen molar-refractivity contribution >= 4 is 17.7 Å². The Bertz CT molecular complexity index is 3580. The van der Waals surface area contributed by atoms with Crippen molar-refractivity contribution in [2.75, 3.05) is 0 Å². The minimum atomic E-state index is -2.31. The zero-order chi connectivity index (χ0) is 95.4. The van der Waals surface area contributed by atoms with E-state index in [4.69, 9.17) is 52.1 Å². The maximum absolute atomic E-state index is 13.2. The molecule has 0 radical (unpaired) electrons. The first-order valence-electron chi connectivity index (χ1n) is 45.4. The number of carbonyl (C=O) groups is 3. The van der Waals surface area contributed by atoms with Crippen LogP contribution in [0.4, 0.5) is 0 Å². The fraction of sp³-hybridized carbons (Fsp3) is 0.755. The third kappa shape index (κ3) is 34.0. The predicted molar refractivity (Wildman–Crippen MR) is 466 cm³/mol. The number of fused-ring (bicyclic) bond motifs is 2. The second kappa shape index (κ2) is 53.2. The summed E-state index contributed by atoms with van der Waals surface area (Å²) in [6.45, 7) is 24.5. The summed E-state index contributed by atoms with van der Waals surface area (Å²) in [6.07, 6.45) is -5.44. The van der Waals surface area contributed by atoms with Gasteiger partial charge in [-0.15, -0.1) is 0 Å². The van der Waals surface area contributed by atoms with Gasteiger partial charge in [0.1, 0.15) is 65.8 Å². The second-order valence-corrected chi connectivity index (χ2v) is 36.4. The molecule has 0 aromatic rings. The van der Waals surface area contributed by atoms with E-state index >= 15 is 0 Å².